The first-order chi connectivity index (χ1) is 20.7. The Hall–Kier alpha value is -2.82. The molecule has 0 fully saturated rings. The topological polar surface area (TPSA) is 18.5 Å². The lowest BCUT2D eigenvalue weighted by atomic mass is 9.93. The van der Waals surface area contributed by atoms with E-state index in [-0.39, 0.29) is 0 Å². The summed E-state index contributed by atoms with van der Waals surface area (Å²) in [6.07, 6.45) is 9.83. The Labute approximate surface area is 260 Å². The molecule has 2 unspecified atom stereocenters. The van der Waals surface area contributed by atoms with Crippen molar-refractivity contribution in [2.45, 2.75) is 79.1 Å². The zero-order valence-electron chi connectivity index (χ0n) is 25.8. The Kier molecular flexibility index (Phi) is 11.0. The maximum absolute atomic E-state index is 6.37. The summed E-state index contributed by atoms with van der Waals surface area (Å²) in [4.78, 5) is 0. The average molecular weight is 599 g/mol. The smallest absolute Gasteiger partial charge is 0.119 e. The van der Waals surface area contributed by atoms with Crippen molar-refractivity contribution in [2.75, 3.05) is 13.2 Å². The largest absolute Gasteiger partial charge is 0.493 e. The van der Waals surface area contributed by atoms with E-state index in [9.17, 15) is 0 Å². The summed E-state index contributed by atoms with van der Waals surface area (Å²) in [5.41, 5.74) is 5.09. The summed E-state index contributed by atoms with van der Waals surface area (Å²) in [5, 5.41) is 7.10. The van der Waals surface area contributed by atoms with E-state index in [0.29, 0.717) is 11.8 Å². The van der Waals surface area contributed by atoms with Crippen molar-refractivity contribution in [3.05, 3.63) is 71.4 Å². The Balaban J connectivity index is 1.47. The van der Waals surface area contributed by atoms with Gasteiger partial charge in [-0.3, -0.25) is 0 Å². The zero-order chi connectivity index (χ0) is 29.3. The van der Waals surface area contributed by atoms with Crippen LogP contribution >= 0.6 is 22.7 Å². The molecule has 0 N–H and O–H groups in total. The molecule has 0 aliphatic rings. The van der Waals surface area contributed by atoms with Crippen LogP contribution in [0.5, 0.6) is 11.5 Å². The highest BCUT2D eigenvalue weighted by atomic mass is 32.1. The van der Waals surface area contributed by atoms with Gasteiger partial charge < -0.3 is 9.47 Å². The number of rotatable bonds is 16. The second-order valence-electron chi connectivity index (χ2n) is 11.6. The van der Waals surface area contributed by atoms with Gasteiger partial charge >= 0.3 is 0 Å². The quantitative estimate of drug-likeness (QED) is 0.112. The van der Waals surface area contributed by atoms with Crippen LogP contribution in [0.4, 0.5) is 0 Å². The van der Waals surface area contributed by atoms with Gasteiger partial charge in [-0.2, -0.15) is 0 Å². The van der Waals surface area contributed by atoms with E-state index >= 15 is 0 Å². The first-order valence-corrected chi connectivity index (χ1v) is 17.8. The highest BCUT2D eigenvalue weighted by Crippen LogP contribution is 2.48. The molecule has 5 aromatic rings. The van der Waals surface area contributed by atoms with Gasteiger partial charge in [-0.1, -0.05) is 90.5 Å². The highest BCUT2D eigenvalue weighted by molar-refractivity contribution is 7.20. The SMILES string of the molecule is CCCCC(CC)COc1cccc(-c2c3ccsc3c(-c3cccc(OCC(CC)CCCC)c3)c3ccsc23)c1. The molecule has 0 bridgehead atoms. The number of hydrogen-bond acceptors (Lipinski definition) is 4. The minimum Gasteiger partial charge on any atom is -0.493 e. The van der Waals surface area contributed by atoms with E-state index in [4.69, 9.17) is 9.47 Å². The van der Waals surface area contributed by atoms with E-state index in [1.807, 2.05) is 22.7 Å². The monoisotopic (exact) mass is 598 g/mol. The van der Waals surface area contributed by atoms with Gasteiger partial charge in [-0.25, -0.2) is 0 Å². The van der Waals surface area contributed by atoms with Gasteiger partial charge in [-0.15, -0.1) is 22.7 Å². The number of hydrogen-bond donors (Lipinski definition) is 0. The van der Waals surface area contributed by atoms with Gasteiger partial charge in [0.25, 0.3) is 0 Å². The van der Waals surface area contributed by atoms with Gasteiger partial charge in [0.05, 0.1) is 13.2 Å². The molecule has 5 rings (SSSR count). The molecule has 42 heavy (non-hydrogen) atoms. The normalized spacial score (nSPS) is 13.0. The third-order valence-corrected chi connectivity index (χ3v) is 10.5. The summed E-state index contributed by atoms with van der Waals surface area (Å²) in [7, 11) is 0. The molecule has 2 atom stereocenters. The molecule has 0 saturated carbocycles. The van der Waals surface area contributed by atoms with Crippen LogP contribution in [0.15, 0.2) is 71.4 Å². The van der Waals surface area contributed by atoms with Gasteiger partial charge in [0.15, 0.2) is 0 Å². The van der Waals surface area contributed by atoms with E-state index in [1.165, 1.54) is 81.0 Å². The third-order valence-electron chi connectivity index (χ3n) is 8.63. The molecular weight excluding hydrogens is 553 g/mol. The summed E-state index contributed by atoms with van der Waals surface area (Å²) in [6.45, 7) is 10.7. The molecule has 2 aromatic heterocycles. The standard InChI is InChI=1S/C38H46O2S2/c1-5-9-13-27(7-3)25-39-31-17-11-15-29(23-31)35-33-19-21-42-38(33)36(34-20-22-41-37(34)35)30-16-12-18-32(24-30)40-26-28(8-4)14-10-6-2/h11-12,15-24,27-28H,5-10,13-14,25-26H2,1-4H3. The highest BCUT2D eigenvalue weighted by Gasteiger charge is 2.20. The Morgan fingerprint density at radius 1 is 0.595 bits per heavy atom. The van der Waals surface area contributed by atoms with Crippen molar-refractivity contribution in [2.24, 2.45) is 11.8 Å². The fourth-order valence-electron chi connectivity index (χ4n) is 5.92. The molecule has 2 nitrogen and oxygen atoms in total. The lowest BCUT2D eigenvalue weighted by molar-refractivity contribution is 0.233. The van der Waals surface area contributed by atoms with Crippen LogP contribution in [0, 0.1) is 11.8 Å². The van der Waals surface area contributed by atoms with Crippen molar-refractivity contribution in [1.29, 1.82) is 0 Å². The van der Waals surface area contributed by atoms with Crippen LogP contribution < -0.4 is 9.47 Å². The molecule has 0 aliphatic carbocycles. The number of ether oxygens (including phenoxy) is 2. The summed E-state index contributed by atoms with van der Waals surface area (Å²) < 4.78 is 15.4. The minimum atomic E-state index is 0.615. The number of thiophene rings is 2. The van der Waals surface area contributed by atoms with Gasteiger partial charge in [0.2, 0.25) is 0 Å². The van der Waals surface area contributed by atoms with Gasteiger partial charge in [-0.05, 0) is 83.0 Å². The molecule has 0 radical (unpaired) electrons. The maximum Gasteiger partial charge on any atom is 0.119 e. The molecule has 0 aliphatic heterocycles. The lowest BCUT2D eigenvalue weighted by Gasteiger charge is -2.17. The molecule has 0 saturated heterocycles. The second kappa shape index (κ2) is 15.1. The van der Waals surface area contributed by atoms with Crippen LogP contribution in [-0.4, -0.2) is 13.2 Å². The number of benzene rings is 3. The first kappa shape index (κ1) is 30.6. The molecule has 2 heterocycles. The molecular formula is C38H46O2S2. The molecule has 0 amide bonds. The third kappa shape index (κ3) is 7.03. The first-order valence-electron chi connectivity index (χ1n) is 16.0. The van der Waals surface area contributed by atoms with Crippen molar-refractivity contribution in [3.63, 3.8) is 0 Å². The predicted molar refractivity (Wildman–Crippen MR) is 186 cm³/mol. The predicted octanol–water partition coefficient (Wildman–Crippen LogP) is 12.6. The van der Waals surface area contributed by atoms with Crippen molar-refractivity contribution < 1.29 is 9.47 Å². The van der Waals surface area contributed by atoms with Crippen LogP contribution in [0.25, 0.3) is 42.4 Å². The average Bonchev–Trinajstić information content (AvgIpc) is 3.70. The Morgan fingerprint density at radius 2 is 1.05 bits per heavy atom. The van der Waals surface area contributed by atoms with Crippen molar-refractivity contribution in [3.8, 4) is 33.8 Å². The summed E-state index contributed by atoms with van der Waals surface area (Å²) >= 11 is 3.67. The van der Waals surface area contributed by atoms with E-state index in [1.54, 1.807) is 0 Å². The van der Waals surface area contributed by atoms with E-state index in [0.717, 1.165) is 37.6 Å². The summed E-state index contributed by atoms with van der Waals surface area (Å²) in [6, 6.07) is 22.1. The van der Waals surface area contributed by atoms with E-state index < -0.39 is 0 Å². The number of fused-ring (bicyclic) bond motifs is 2. The zero-order valence-corrected chi connectivity index (χ0v) is 27.4. The lowest BCUT2D eigenvalue weighted by Crippen LogP contribution is -2.11. The molecule has 0 spiro atoms. The Bertz CT molecular complexity index is 1400. The maximum atomic E-state index is 6.37. The van der Waals surface area contributed by atoms with Crippen molar-refractivity contribution >= 4 is 42.8 Å². The fourth-order valence-corrected chi connectivity index (χ4v) is 7.89. The van der Waals surface area contributed by atoms with Gasteiger partial charge in [0, 0.05) is 31.3 Å². The fraction of sp³-hybridized carbons (Fsp3) is 0.421. The minimum absolute atomic E-state index is 0.615. The number of unbranched alkanes of at least 4 members (excludes halogenated alkanes) is 2. The van der Waals surface area contributed by atoms with Crippen LogP contribution in [0.3, 0.4) is 0 Å². The van der Waals surface area contributed by atoms with Gasteiger partial charge in [0.1, 0.15) is 11.5 Å². The second-order valence-corrected chi connectivity index (χ2v) is 13.4. The Morgan fingerprint density at radius 3 is 1.45 bits per heavy atom. The molecule has 222 valence electrons. The van der Waals surface area contributed by atoms with E-state index in [2.05, 4.69) is 99.1 Å². The van der Waals surface area contributed by atoms with Crippen LogP contribution in [0.1, 0.15) is 79.1 Å². The van der Waals surface area contributed by atoms with Crippen molar-refractivity contribution in [1.82, 2.24) is 0 Å². The van der Waals surface area contributed by atoms with Crippen LogP contribution in [-0.2, 0) is 0 Å². The summed E-state index contributed by atoms with van der Waals surface area (Å²) in [5.74, 6) is 3.16. The molecule has 4 heteroatoms. The molecule has 3 aromatic carbocycles. The van der Waals surface area contributed by atoms with Crippen LogP contribution in [0.2, 0.25) is 0 Å².